The average Bonchev–Trinajstić information content (AvgIpc) is 2.78. The molecule has 118 valence electrons. The van der Waals surface area contributed by atoms with E-state index < -0.39 is 6.09 Å². The number of nitrogens with zero attached hydrogens (tertiary/aromatic N) is 2. The second-order valence-electron chi connectivity index (χ2n) is 5.12. The smallest absolute Gasteiger partial charge is 0.419 e. The Balaban J connectivity index is 2.35. The van der Waals surface area contributed by atoms with Gasteiger partial charge in [-0.15, -0.1) is 0 Å². The maximum absolute atomic E-state index is 11.9. The van der Waals surface area contributed by atoms with Crippen molar-refractivity contribution in [2.45, 2.75) is 25.8 Å². The van der Waals surface area contributed by atoms with Crippen LogP contribution in [0, 0.1) is 0 Å². The Morgan fingerprint density at radius 1 is 1.36 bits per heavy atom. The third kappa shape index (κ3) is 4.22. The van der Waals surface area contributed by atoms with Crippen LogP contribution in [0.25, 0.3) is 0 Å². The molecule has 0 radical (unpaired) electrons. The predicted octanol–water partition coefficient (Wildman–Crippen LogP) is 3.28. The number of nitrogens with two attached hydrogens (primary N) is 1. The third-order valence-corrected chi connectivity index (χ3v) is 3.45. The van der Waals surface area contributed by atoms with Crippen LogP contribution in [0.15, 0.2) is 24.4 Å². The minimum atomic E-state index is -0.494. The number of methoxy groups -OCH3 is 1. The molecule has 0 aliphatic carbocycles. The molecule has 1 atom stereocenters. The lowest BCUT2D eigenvalue weighted by Gasteiger charge is -2.06. The second kappa shape index (κ2) is 7.13. The molecule has 7 heteroatoms. The van der Waals surface area contributed by atoms with Crippen molar-refractivity contribution in [3.8, 4) is 0 Å². The van der Waals surface area contributed by atoms with Crippen molar-refractivity contribution in [1.82, 2.24) is 9.55 Å². The highest BCUT2D eigenvalue weighted by Gasteiger charge is 2.16. The van der Waals surface area contributed by atoms with Crippen LogP contribution >= 0.6 is 23.2 Å². The van der Waals surface area contributed by atoms with Crippen molar-refractivity contribution >= 4 is 29.3 Å². The van der Waals surface area contributed by atoms with Crippen LogP contribution < -0.4 is 5.73 Å². The average molecular weight is 342 g/mol. The van der Waals surface area contributed by atoms with Gasteiger partial charge in [0.2, 0.25) is 0 Å². The highest BCUT2D eigenvalue weighted by molar-refractivity contribution is 6.34. The second-order valence-corrected chi connectivity index (χ2v) is 6.00. The van der Waals surface area contributed by atoms with E-state index in [2.05, 4.69) is 4.98 Å². The number of carbonyl (C=O) groups excluding carboxylic acids is 1. The maximum Gasteiger partial charge on any atom is 0.419 e. The van der Waals surface area contributed by atoms with Gasteiger partial charge in [0.1, 0.15) is 5.82 Å². The molecular weight excluding hydrogens is 325 g/mol. The molecule has 1 aromatic carbocycles. The molecule has 0 amide bonds. The van der Waals surface area contributed by atoms with Crippen LogP contribution in [-0.2, 0) is 17.6 Å². The lowest BCUT2D eigenvalue weighted by Crippen LogP contribution is -2.18. The molecule has 2 rings (SSSR count). The van der Waals surface area contributed by atoms with Gasteiger partial charge in [-0.05, 0) is 30.7 Å². The summed E-state index contributed by atoms with van der Waals surface area (Å²) < 4.78 is 6.16. The topological polar surface area (TPSA) is 70.1 Å². The summed E-state index contributed by atoms with van der Waals surface area (Å²) in [5.74, 6) is 0.556. The molecule has 5 nitrogen and oxygen atoms in total. The summed E-state index contributed by atoms with van der Waals surface area (Å²) in [5.41, 5.74) is 7.39. The van der Waals surface area contributed by atoms with Gasteiger partial charge in [0, 0.05) is 35.1 Å². The van der Waals surface area contributed by atoms with Crippen LogP contribution in [0.4, 0.5) is 4.79 Å². The minimum Gasteiger partial charge on any atom is -0.452 e. The number of imidazole rings is 1. The van der Waals surface area contributed by atoms with E-state index in [0.717, 1.165) is 11.3 Å². The molecule has 0 saturated carbocycles. The van der Waals surface area contributed by atoms with Crippen LogP contribution in [0.1, 0.15) is 24.0 Å². The Bertz CT molecular complexity index is 663. The first-order chi connectivity index (χ1) is 10.4. The molecule has 0 fully saturated rings. The lowest BCUT2D eigenvalue weighted by molar-refractivity contribution is 0.172. The van der Waals surface area contributed by atoms with E-state index in [1.54, 1.807) is 24.4 Å². The SMILES string of the molecule is COC(=O)n1cc(C[C@@H](C)N)nc1Cc1cc(Cl)cc(Cl)c1. The number of rotatable bonds is 4. The fourth-order valence-corrected chi connectivity index (χ4v) is 2.75. The van der Waals surface area contributed by atoms with E-state index >= 15 is 0 Å². The first-order valence-corrected chi connectivity index (χ1v) is 7.50. The van der Waals surface area contributed by atoms with Crippen LogP contribution in [0.2, 0.25) is 10.0 Å². The van der Waals surface area contributed by atoms with Crippen molar-refractivity contribution in [1.29, 1.82) is 0 Å². The lowest BCUT2D eigenvalue weighted by atomic mass is 10.1. The van der Waals surface area contributed by atoms with E-state index in [4.69, 9.17) is 33.7 Å². The fourth-order valence-electron chi connectivity index (χ4n) is 2.18. The van der Waals surface area contributed by atoms with Gasteiger partial charge in [-0.2, -0.15) is 0 Å². The Hall–Kier alpha value is -1.56. The standard InChI is InChI=1S/C15H17Cl2N3O2/c1-9(18)3-13-8-20(15(21)22-2)14(19-13)6-10-4-11(16)7-12(17)5-10/h4-5,7-9H,3,6,18H2,1-2H3/t9-/m1/s1. The monoisotopic (exact) mass is 341 g/mol. The van der Waals surface area contributed by atoms with Crippen molar-refractivity contribution in [3.63, 3.8) is 0 Å². The summed E-state index contributed by atoms with van der Waals surface area (Å²) in [6.45, 7) is 1.88. The van der Waals surface area contributed by atoms with Gasteiger partial charge in [0.25, 0.3) is 0 Å². The van der Waals surface area contributed by atoms with Crippen molar-refractivity contribution in [3.05, 3.63) is 51.5 Å². The van der Waals surface area contributed by atoms with Crippen LogP contribution in [-0.4, -0.2) is 28.8 Å². The van der Waals surface area contributed by atoms with Gasteiger partial charge in [0.15, 0.2) is 0 Å². The number of aromatic nitrogens is 2. The van der Waals surface area contributed by atoms with E-state index in [1.807, 2.05) is 6.92 Å². The van der Waals surface area contributed by atoms with E-state index in [-0.39, 0.29) is 6.04 Å². The zero-order chi connectivity index (χ0) is 16.3. The van der Waals surface area contributed by atoms with E-state index in [9.17, 15) is 4.79 Å². The molecule has 0 saturated heterocycles. The highest BCUT2D eigenvalue weighted by Crippen LogP contribution is 2.21. The van der Waals surface area contributed by atoms with Gasteiger partial charge in [0.05, 0.1) is 12.8 Å². The van der Waals surface area contributed by atoms with Gasteiger partial charge in [-0.3, -0.25) is 0 Å². The Morgan fingerprint density at radius 2 is 2.00 bits per heavy atom. The molecule has 1 aromatic heterocycles. The minimum absolute atomic E-state index is 0.0468. The van der Waals surface area contributed by atoms with Crippen LogP contribution in [0.3, 0.4) is 0 Å². The quantitative estimate of drug-likeness (QED) is 0.926. The van der Waals surface area contributed by atoms with E-state index in [1.165, 1.54) is 11.7 Å². The van der Waals surface area contributed by atoms with Crippen molar-refractivity contribution < 1.29 is 9.53 Å². The summed E-state index contributed by atoms with van der Waals surface area (Å²) in [5, 5.41) is 1.07. The number of ether oxygens (including phenoxy) is 1. The molecule has 22 heavy (non-hydrogen) atoms. The molecule has 2 aromatic rings. The molecule has 0 unspecified atom stereocenters. The number of hydrogen-bond acceptors (Lipinski definition) is 4. The van der Waals surface area contributed by atoms with Gasteiger partial charge in [-0.1, -0.05) is 23.2 Å². The summed E-state index contributed by atoms with van der Waals surface area (Å²) in [7, 11) is 1.33. The highest BCUT2D eigenvalue weighted by atomic mass is 35.5. The summed E-state index contributed by atoms with van der Waals surface area (Å²) in [6.07, 6.45) is 2.14. The molecule has 0 spiro atoms. The van der Waals surface area contributed by atoms with Crippen LogP contribution in [0.5, 0.6) is 0 Å². The molecule has 1 heterocycles. The maximum atomic E-state index is 11.9. The molecule has 0 aliphatic heterocycles. The number of carbonyl (C=O) groups is 1. The fraction of sp³-hybridized carbons (Fsp3) is 0.333. The first-order valence-electron chi connectivity index (χ1n) is 6.75. The summed E-state index contributed by atoms with van der Waals surface area (Å²) in [4.78, 5) is 16.3. The normalized spacial score (nSPS) is 12.2. The number of hydrogen-bond donors (Lipinski definition) is 1. The number of halogens is 2. The Labute approximate surface area is 139 Å². The first kappa shape index (κ1) is 16.8. The van der Waals surface area contributed by atoms with Gasteiger partial charge >= 0.3 is 6.09 Å². The zero-order valence-electron chi connectivity index (χ0n) is 12.3. The molecule has 0 aliphatic rings. The molecular formula is C15H17Cl2N3O2. The molecule has 2 N–H and O–H groups in total. The van der Waals surface area contributed by atoms with E-state index in [0.29, 0.717) is 28.7 Å². The number of benzene rings is 1. The van der Waals surface area contributed by atoms with Crippen molar-refractivity contribution in [2.24, 2.45) is 5.73 Å². The van der Waals surface area contributed by atoms with Gasteiger partial charge in [-0.25, -0.2) is 14.3 Å². The summed E-state index contributed by atoms with van der Waals surface area (Å²) >= 11 is 12.0. The third-order valence-electron chi connectivity index (χ3n) is 3.02. The Morgan fingerprint density at radius 3 is 2.55 bits per heavy atom. The summed E-state index contributed by atoms with van der Waals surface area (Å²) in [6, 6.07) is 5.18. The predicted molar refractivity (Wildman–Crippen MR) is 86.7 cm³/mol. The zero-order valence-corrected chi connectivity index (χ0v) is 13.9. The largest absolute Gasteiger partial charge is 0.452 e. The molecule has 0 bridgehead atoms. The van der Waals surface area contributed by atoms with Gasteiger partial charge < -0.3 is 10.5 Å². The van der Waals surface area contributed by atoms with Crippen molar-refractivity contribution in [2.75, 3.05) is 7.11 Å². The Kier molecular flexibility index (Phi) is 5.45.